The van der Waals surface area contributed by atoms with Crippen LogP contribution in [0.3, 0.4) is 0 Å². The second-order valence-corrected chi connectivity index (χ2v) is 14.5. The quantitative estimate of drug-likeness (QED) is 0.0982. The minimum Gasteiger partial charge on any atom is -0.361 e. The van der Waals surface area contributed by atoms with Crippen LogP contribution in [-0.4, -0.2) is 37.9 Å². The molecule has 10 heteroatoms. The Balaban J connectivity index is 1.41. The maximum Gasteiger partial charge on any atom is 0.319 e. The second kappa shape index (κ2) is 15.3. The summed E-state index contributed by atoms with van der Waals surface area (Å²) < 4.78 is 28.5. The van der Waals surface area contributed by atoms with E-state index < -0.39 is 22.1 Å². The molecule has 1 aromatic heterocycles. The number of unbranched alkanes of at least 4 members (excludes halogenated alkanes) is 1. The van der Waals surface area contributed by atoms with Crippen LogP contribution in [0.5, 0.6) is 0 Å². The lowest BCUT2D eigenvalue weighted by atomic mass is 9.87. The van der Waals surface area contributed by atoms with Crippen molar-refractivity contribution in [2.24, 2.45) is 5.92 Å². The maximum atomic E-state index is 13.4. The van der Waals surface area contributed by atoms with E-state index in [1.807, 2.05) is 42.6 Å². The number of anilines is 2. The number of nitrogens with one attached hydrogen (secondary N) is 5. The van der Waals surface area contributed by atoms with Gasteiger partial charge in [-0.1, -0.05) is 84.2 Å². The third kappa shape index (κ3) is 9.36. The van der Waals surface area contributed by atoms with Crippen LogP contribution >= 0.6 is 0 Å². The molecule has 0 saturated heterocycles. The number of H-pyrrole nitrogens is 1. The molecule has 0 aliphatic rings. The number of sulfonamides is 1. The summed E-state index contributed by atoms with van der Waals surface area (Å²) in [5, 5.41) is 9.70. The highest BCUT2D eigenvalue weighted by atomic mass is 32.2. The average Bonchev–Trinajstić information content (AvgIpc) is 3.44. The van der Waals surface area contributed by atoms with Gasteiger partial charge in [0.15, 0.2) is 0 Å². The fraction of sp³-hybridized carbons (Fsp3) is 0.389. The molecule has 46 heavy (non-hydrogen) atoms. The summed E-state index contributed by atoms with van der Waals surface area (Å²) in [4.78, 5) is 30.0. The Labute approximate surface area is 273 Å². The summed E-state index contributed by atoms with van der Waals surface area (Å²) in [6, 6.07) is 19.7. The van der Waals surface area contributed by atoms with Crippen LogP contribution in [0.1, 0.15) is 71.4 Å². The van der Waals surface area contributed by atoms with Crippen LogP contribution in [0.25, 0.3) is 10.9 Å². The van der Waals surface area contributed by atoms with E-state index in [2.05, 4.69) is 60.3 Å². The molecule has 0 fully saturated rings. The molecule has 0 bridgehead atoms. The molecule has 4 rings (SSSR count). The minimum atomic E-state index is -3.79. The number of aromatic amines is 1. The summed E-state index contributed by atoms with van der Waals surface area (Å²) in [7, 11) is -3.79. The van der Waals surface area contributed by atoms with Gasteiger partial charge in [-0.05, 0) is 71.3 Å². The summed E-state index contributed by atoms with van der Waals surface area (Å²) in [6.07, 6.45) is 6.42. The number of carbonyl (C=O) groups is 2. The Hall–Kier alpha value is -4.31. The molecule has 3 amide bonds. The van der Waals surface area contributed by atoms with Crippen molar-refractivity contribution in [2.45, 2.75) is 83.1 Å². The molecule has 1 unspecified atom stereocenters. The number of aromatic nitrogens is 1. The topological polar surface area (TPSA) is 132 Å². The highest BCUT2D eigenvalue weighted by Gasteiger charge is 2.24. The number of hydrogen-bond donors (Lipinski definition) is 5. The normalized spacial score (nSPS) is 13.2. The monoisotopic (exact) mass is 645 g/mol. The van der Waals surface area contributed by atoms with Gasteiger partial charge in [0.05, 0.1) is 4.90 Å². The number of para-hydroxylation sites is 1. The molecular formula is C36H47N5O4S. The van der Waals surface area contributed by atoms with Crippen molar-refractivity contribution >= 4 is 44.2 Å². The van der Waals surface area contributed by atoms with E-state index in [9.17, 15) is 18.0 Å². The van der Waals surface area contributed by atoms with Gasteiger partial charge < -0.3 is 20.9 Å². The molecule has 3 aromatic carbocycles. The Bertz CT molecular complexity index is 1710. The first-order valence-electron chi connectivity index (χ1n) is 16.0. The van der Waals surface area contributed by atoms with Crippen molar-refractivity contribution in [1.29, 1.82) is 0 Å². The van der Waals surface area contributed by atoms with Crippen molar-refractivity contribution in [3.8, 4) is 0 Å². The van der Waals surface area contributed by atoms with Gasteiger partial charge in [0, 0.05) is 41.4 Å². The Kier molecular flexibility index (Phi) is 11.5. The molecule has 2 atom stereocenters. The number of urea groups is 1. The van der Waals surface area contributed by atoms with Crippen LogP contribution in [0.2, 0.25) is 0 Å². The van der Waals surface area contributed by atoms with Crippen LogP contribution in [0.4, 0.5) is 16.2 Å². The fourth-order valence-electron chi connectivity index (χ4n) is 5.34. The molecule has 246 valence electrons. The average molecular weight is 646 g/mol. The van der Waals surface area contributed by atoms with Gasteiger partial charge in [-0.2, -0.15) is 0 Å². The van der Waals surface area contributed by atoms with Gasteiger partial charge in [0.25, 0.3) is 10.0 Å². The number of rotatable bonds is 14. The molecule has 0 spiro atoms. The van der Waals surface area contributed by atoms with Crippen molar-refractivity contribution in [2.75, 3.05) is 16.6 Å². The second-order valence-electron chi connectivity index (χ2n) is 12.8. The highest BCUT2D eigenvalue weighted by molar-refractivity contribution is 7.92. The summed E-state index contributed by atoms with van der Waals surface area (Å²) in [6.45, 7) is 11.1. The van der Waals surface area contributed by atoms with Gasteiger partial charge >= 0.3 is 6.03 Å². The fourth-order valence-corrected chi connectivity index (χ4v) is 6.39. The molecule has 0 saturated carbocycles. The number of carbonyl (C=O) groups excluding carboxylic acids is 2. The van der Waals surface area contributed by atoms with E-state index in [0.29, 0.717) is 30.3 Å². The standard InChI is InChI=1S/C36H47N5O4S/c1-6-8-11-25(7-2)23-38-34(42)33(22-26-24-37-32-13-10-9-12-31(26)32)40-35(43)39-28-16-18-29(19-17-28)41-46(44,45)30-20-14-27(15-21-30)36(3,4)5/h9-10,12-21,24-25,33,37,41H,6-8,11,22-23H2,1-5H3,(H,38,42)(H2,39,40,43)/t25?,33-/m1/s1. The van der Waals surface area contributed by atoms with E-state index in [1.54, 1.807) is 36.4 Å². The first kappa shape index (κ1) is 34.6. The Morgan fingerprint density at radius 3 is 2.22 bits per heavy atom. The van der Waals surface area contributed by atoms with Crippen molar-refractivity contribution in [3.05, 3.63) is 90.1 Å². The highest BCUT2D eigenvalue weighted by Crippen LogP contribution is 2.25. The lowest BCUT2D eigenvalue weighted by Crippen LogP contribution is -2.50. The van der Waals surface area contributed by atoms with Gasteiger partial charge in [0.1, 0.15) is 6.04 Å². The number of benzene rings is 3. The zero-order chi connectivity index (χ0) is 33.3. The Morgan fingerprint density at radius 2 is 1.57 bits per heavy atom. The molecule has 0 aliphatic carbocycles. The number of hydrogen-bond acceptors (Lipinski definition) is 4. The van der Waals surface area contributed by atoms with Crippen LogP contribution in [-0.2, 0) is 26.7 Å². The Morgan fingerprint density at radius 1 is 0.891 bits per heavy atom. The minimum absolute atomic E-state index is 0.0859. The zero-order valence-electron chi connectivity index (χ0n) is 27.4. The largest absolute Gasteiger partial charge is 0.361 e. The smallest absolute Gasteiger partial charge is 0.319 e. The lowest BCUT2D eigenvalue weighted by molar-refractivity contribution is -0.123. The van der Waals surface area contributed by atoms with Crippen LogP contribution < -0.4 is 20.7 Å². The predicted octanol–water partition coefficient (Wildman–Crippen LogP) is 7.33. The van der Waals surface area contributed by atoms with Gasteiger partial charge in [-0.15, -0.1) is 0 Å². The summed E-state index contributed by atoms with van der Waals surface area (Å²) in [5.74, 6) is 0.140. The van der Waals surface area contributed by atoms with Crippen LogP contribution in [0, 0.1) is 5.92 Å². The molecule has 1 heterocycles. The first-order chi connectivity index (χ1) is 21.9. The lowest BCUT2D eigenvalue weighted by Gasteiger charge is -2.21. The molecular weight excluding hydrogens is 598 g/mol. The molecule has 5 N–H and O–H groups in total. The van der Waals surface area contributed by atoms with Gasteiger partial charge in [-0.25, -0.2) is 13.2 Å². The van der Waals surface area contributed by atoms with E-state index in [4.69, 9.17) is 0 Å². The number of fused-ring (bicyclic) bond motifs is 1. The van der Waals surface area contributed by atoms with E-state index >= 15 is 0 Å². The van der Waals surface area contributed by atoms with Crippen molar-refractivity contribution in [3.63, 3.8) is 0 Å². The first-order valence-corrected chi connectivity index (χ1v) is 17.5. The molecule has 4 aromatic rings. The SMILES string of the molecule is CCCCC(CC)CNC(=O)[C@@H](Cc1c[nH]c2ccccc12)NC(=O)Nc1ccc(NS(=O)(=O)c2ccc(C(C)(C)C)cc2)cc1. The maximum absolute atomic E-state index is 13.4. The third-order valence-electron chi connectivity index (χ3n) is 8.25. The number of amides is 3. The predicted molar refractivity (Wildman–Crippen MR) is 187 cm³/mol. The van der Waals surface area contributed by atoms with E-state index in [1.165, 1.54) is 0 Å². The zero-order valence-corrected chi connectivity index (χ0v) is 28.3. The molecule has 0 aliphatic heterocycles. The van der Waals surface area contributed by atoms with E-state index in [-0.39, 0.29) is 16.2 Å². The van der Waals surface area contributed by atoms with Crippen LogP contribution in [0.15, 0.2) is 83.9 Å². The van der Waals surface area contributed by atoms with Crippen molar-refractivity contribution in [1.82, 2.24) is 15.6 Å². The molecule has 0 radical (unpaired) electrons. The summed E-state index contributed by atoms with van der Waals surface area (Å²) in [5.41, 5.74) is 3.65. The third-order valence-corrected chi connectivity index (χ3v) is 9.65. The van der Waals surface area contributed by atoms with Gasteiger partial charge in [0.2, 0.25) is 5.91 Å². The molecule has 9 nitrogen and oxygen atoms in total. The van der Waals surface area contributed by atoms with E-state index in [0.717, 1.165) is 47.7 Å². The van der Waals surface area contributed by atoms with Crippen molar-refractivity contribution < 1.29 is 18.0 Å². The summed E-state index contributed by atoms with van der Waals surface area (Å²) >= 11 is 0. The van der Waals surface area contributed by atoms with Gasteiger partial charge in [-0.3, -0.25) is 9.52 Å².